The molecule has 0 unspecified atom stereocenters. The predicted octanol–water partition coefficient (Wildman–Crippen LogP) is 3.04. The highest BCUT2D eigenvalue weighted by atomic mass is 32.2. The first-order valence-electron chi connectivity index (χ1n) is 9.13. The van der Waals surface area contributed by atoms with Crippen LogP contribution in [0.1, 0.15) is 0 Å². The third-order valence-corrected chi connectivity index (χ3v) is 6.08. The van der Waals surface area contributed by atoms with E-state index in [0.29, 0.717) is 5.69 Å². The minimum atomic E-state index is -3.67. The van der Waals surface area contributed by atoms with E-state index in [9.17, 15) is 13.2 Å². The SMILES string of the molecule is O=c1cc(-c2ccccc2)ncn1CCNS(=O)(=O)c1ccc2ccccc2c1. The molecule has 0 aliphatic rings. The van der Waals surface area contributed by atoms with Crippen LogP contribution in [-0.4, -0.2) is 24.5 Å². The van der Waals surface area contributed by atoms with Crippen molar-refractivity contribution < 1.29 is 8.42 Å². The van der Waals surface area contributed by atoms with Gasteiger partial charge in [0.25, 0.3) is 5.56 Å². The van der Waals surface area contributed by atoms with E-state index in [1.54, 1.807) is 18.2 Å². The monoisotopic (exact) mass is 405 g/mol. The Hall–Kier alpha value is -3.29. The zero-order chi connectivity index (χ0) is 20.3. The van der Waals surface area contributed by atoms with Gasteiger partial charge in [-0.3, -0.25) is 9.36 Å². The summed E-state index contributed by atoms with van der Waals surface area (Å²) in [6.45, 7) is 0.273. The molecule has 0 saturated carbocycles. The molecule has 0 aliphatic carbocycles. The van der Waals surface area contributed by atoms with Crippen LogP contribution in [0, 0.1) is 0 Å². The van der Waals surface area contributed by atoms with Crippen molar-refractivity contribution in [2.24, 2.45) is 0 Å². The van der Waals surface area contributed by atoms with Gasteiger partial charge >= 0.3 is 0 Å². The second kappa shape index (κ2) is 7.98. The summed E-state index contributed by atoms with van der Waals surface area (Å²) in [5.74, 6) is 0. The summed E-state index contributed by atoms with van der Waals surface area (Å²) >= 11 is 0. The van der Waals surface area contributed by atoms with Gasteiger partial charge in [0, 0.05) is 24.7 Å². The van der Waals surface area contributed by atoms with Crippen LogP contribution in [0.5, 0.6) is 0 Å². The largest absolute Gasteiger partial charge is 0.298 e. The van der Waals surface area contributed by atoms with Crippen molar-refractivity contribution in [2.45, 2.75) is 11.4 Å². The Morgan fingerprint density at radius 1 is 0.862 bits per heavy atom. The quantitative estimate of drug-likeness (QED) is 0.535. The van der Waals surface area contributed by atoms with Crippen LogP contribution in [0.2, 0.25) is 0 Å². The number of nitrogens with one attached hydrogen (secondary N) is 1. The van der Waals surface area contributed by atoms with E-state index in [1.807, 2.05) is 54.6 Å². The lowest BCUT2D eigenvalue weighted by atomic mass is 10.1. The van der Waals surface area contributed by atoms with Gasteiger partial charge in [-0.25, -0.2) is 18.1 Å². The Labute approximate surface area is 168 Å². The second-order valence-electron chi connectivity index (χ2n) is 6.58. The molecule has 0 fully saturated rings. The second-order valence-corrected chi connectivity index (χ2v) is 8.35. The topological polar surface area (TPSA) is 81.1 Å². The Morgan fingerprint density at radius 2 is 1.59 bits per heavy atom. The van der Waals surface area contributed by atoms with E-state index in [-0.39, 0.29) is 23.5 Å². The number of aromatic nitrogens is 2. The number of hydrogen-bond acceptors (Lipinski definition) is 4. The van der Waals surface area contributed by atoms with Crippen LogP contribution in [0.25, 0.3) is 22.0 Å². The van der Waals surface area contributed by atoms with Crippen LogP contribution in [-0.2, 0) is 16.6 Å². The molecule has 1 aromatic heterocycles. The molecule has 0 spiro atoms. The van der Waals surface area contributed by atoms with Crippen LogP contribution in [0.3, 0.4) is 0 Å². The average Bonchev–Trinajstić information content (AvgIpc) is 2.75. The van der Waals surface area contributed by atoms with Crippen molar-refractivity contribution in [3.8, 4) is 11.3 Å². The molecule has 0 radical (unpaired) electrons. The van der Waals surface area contributed by atoms with Crippen molar-refractivity contribution in [3.05, 3.63) is 95.5 Å². The lowest BCUT2D eigenvalue weighted by Gasteiger charge is -2.10. The molecule has 7 heteroatoms. The summed E-state index contributed by atoms with van der Waals surface area (Å²) < 4.78 is 29.1. The normalized spacial score (nSPS) is 11.6. The number of nitrogens with zero attached hydrogens (tertiary/aromatic N) is 2. The van der Waals surface area contributed by atoms with Crippen molar-refractivity contribution in [2.75, 3.05) is 6.54 Å². The minimum absolute atomic E-state index is 0.0848. The molecule has 0 amide bonds. The molecule has 0 bridgehead atoms. The van der Waals surface area contributed by atoms with E-state index < -0.39 is 10.0 Å². The fourth-order valence-corrected chi connectivity index (χ4v) is 4.13. The first kappa shape index (κ1) is 19.0. The van der Waals surface area contributed by atoms with E-state index in [2.05, 4.69) is 9.71 Å². The Balaban J connectivity index is 1.45. The molecule has 1 N–H and O–H groups in total. The van der Waals surface area contributed by atoms with Gasteiger partial charge in [-0.2, -0.15) is 0 Å². The molecule has 0 atom stereocenters. The lowest BCUT2D eigenvalue weighted by molar-refractivity contribution is 0.569. The fourth-order valence-electron chi connectivity index (χ4n) is 3.08. The van der Waals surface area contributed by atoms with Gasteiger partial charge in [-0.15, -0.1) is 0 Å². The van der Waals surface area contributed by atoms with E-state index in [4.69, 9.17) is 0 Å². The number of benzene rings is 3. The Kier molecular flexibility index (Phi) is 5.24. The van der Waals surface area contributed by atoms with E-state index >= 15 is 0 Å². The molecule has 29 heavy (non-hydrogen) atoms. The Morgan fingerprint density at radius 3 is 2.34 bits per heavy atom. The van der Waals surface area contributed by atoms with Gasteiger partial charge < -0.3 is 0 Å². The third-order valence-electron chi connectivity index (χ3n) is 4.63. The van der Waals surface area contributed by atoms with Gasteiger partial charge in [-0.1, -0.05) is 60.7 Å². The molecule has 1 heterocycles. The van der Waals surface area contributed by atoms with Gasteiger partial charge in [0.05, 0.1) is 16.9 Å². The molecular weight excluding hydrogens is 386 g/mol. The summed E-state index contributed by atoms with van der Waals surface area (Å²) in [7, 11) is -3.67. The zero-order valence-electron chi connectivity index (χ0n) is 15.5. The first-order chi connectivity index (χ1) is 14.0. The smallest absolute Gasteiger partial charge is 0.253 e. The van der Waals surface area contributed by atoms with E-state index in [0.717, 1.165) is 16.3 Å². The van der Waals surface area contributed by atoms with Gasteiger partial charge in [0.15, 0.2) is 0 Å². The molecule has 3 aromatic carbocycles. The summed E-state index contributed by atoms with van der Waals surface area (Å²) in [4.78, 5) is 16.8. The summed E-state index contributed by atoms with van der Waals surface area (Å²) in [6, 6.07) is 23.4. The molecule has 4 rings (SSSR count). The molecular formula is C22H19N3O3S. The zero-order valence-corrected chi connectivity index (χ0v) is 16.3. The highest BCUT2D eigenvalue weighted by Gasteiger charge is 2.14. The Bertz CT molecular complexity index is 1320. The van der Waals surface area contributed by atoms with Gasteiger partial charge in [0.2, 0.25) is 10.0 Å². The summed E-state index contributed by atoms with van der Waals surface area (Å²) in [6.07, 6.45) is 1.44. The van der Waals surface area contributed by atoms with Crippen LogP contribution >= 0.6 is 0 Å². The van der Waals surface area contributed by atoms with Crippen molar-refractivity contribution in [1.82, 2.24) is 14.3 Å². The van der Waals surface area contributed by atoms with Crippen LogP contribution < -0.4 is 10.3 Å². The number of rotatable bonds is 6. The number of sulfonamides is 1. The van der Waals surface area contributed by atoms with Crippen molar-refractivity contribution >= 4 is 20.8 Å². The minimum Gasteiger partial charge on any atom is -0.298 e. The van der Waals surface area contributed by atoms with E-state index in [1.165, 1.54) is 17.0 Å². The summed E-state index contributed by atoms with van der Waals surface area (Å²) in [5, 5.41) is 1.83. The lowest BCUT2D eigenvalue weighted by Crippen LogP contribution is -2.30. The number of fused-ring (bicyclic) bond motifs is 1. The highest BCUT2D eigenvalue weighted by Crippen LogP contribution is 2.18. The molecule has 4 aromatic rings. The molecule has 0 saturated heterocycles. The van der Waals surface area contributed by atoms with Crippen molar-refractivity contribution in [1.29, 1.82) is 0 Å². The van der Waals surface area contributed by atoms with Crippen LogP contribution in [0.4, 0.5) is 0 Å². The standard InChI is InChI=1S/C22H19N3O3S/c26-22-15-21(18-7-2-1-3-8-18)23-16-25(22)13-12-24-29(27,28)20-11-10-17-6-4-5-9-19(17)14-20/h1-11,14-16,24H,12-13H2. The molecule has 6 nitrogen and oxygen atoms in total. The third kappa shape index (κ3) is 4.26. The van der Waals surface area contributed by atoms with Crippen molar-refractivity contribution in [3.63, 3.8) is 0 Å². The molecule has 146 valence electrons. The predicted molar refractivity (Wildman–Crippen MR) is 113 cm³/mol. The maximum absolute atomic E-state index is 12.6. The van der Waals surface area contributed by atoms with Gasteiger partial charge in [-0.05, 0) is 22.9 Å². The average molecular weight is 405 g/mol. The first-order valence-corrected chi connectivity index (χ1v) is 10.6. The van der Waals surface area contributed by atoms with Gasteiger partial charge in [0.1, 0.15) is 0 Å². The maximum atomic E-state index is 12.6. The van der Waals surface area contributed by atoms with Crippen LogP contribution in [0.15, 0.2) is 94.9 Å². The highest BCUT2D eigenvalue weighted by molar-refractivity contribution is 7.89. The maximum Gasteiger partial charge on any atom is 0.253 e. The summed E-state index contributed by atoms with van der Waals surface area (Å²) in [5.41, 5.74) is 1.21. The number of hydrogen-bond donors (Lipinski definition) is 1. The molecule has 0 aliphatic heterocycles. The fraction of sp³-hybridized carbons (Fsp3) is 0.0909.